The molecule has 2 unspecified atom stereocenters. The number of ether oxygens (including phenoxy) is 2. The van der Waals surface area contributed by atoms with Crippen molar-refractivity contribution in [1.82, 2.24) is 5.32 Å². The minimum Gasteiger partial charge on any atom is -0.494 e. The molecule has 2 rings (SSSR count). The molecular weight excluding hydrogens is 337 g/mol. The molecule has 0 radical (unpaired) electrons. The Morgan fingerprint density at radius 2 is 1.88 bits per heavy atom. The highest BCUT2D eigenvalue weighted by Gasteiger charge is 2.13. The molecular formula is C20H26FNO4. The van der Waals surface area contributed by atoms with Crippen molar-refractivity contribution in [2.45, 2.75) is 25.5 Å². The van der Waals surface area contributed by atoms with Gasteiger partial charge in [-0.05, 0) is 48.7 Å². The van der Waals surface area contributed by atoms with Gasteiger partial charge in [0.05, 0.1) is 19.8 Å². The third-order valence-electron chi connectivity index (χ3n) is 4.05. The maximum atomic E-state index is 13.7. The number of nitrogens with one attached hydrogen (secondary N) is 1. The zero-order valence-corrected chi connectivity index (χ0v) is 15.1. The number of hydrogen-bond donors (Lipinski definition) is 3. The van der Waals surface area contributed by atoms with E-state index in [1.54, 1.807) is 6.07 Å². The van der Waals surface area contributed by atoms with Gasteiger partial charge >= 0.3 is 0 Å². The predicted molar refractivity (Wildman–Crippen MR) is 98.1 cm³/mol. The van der Waals surface area contributed by atoms with Gasteiger partial charge in [-0.25, -0.2) is 4.39 Å². The Kier molecular flexibility index (Phi) is 7.84. The van der Waals surface area contributed by atoms with Crippen molar-refractivity contribution in [1.29, 1.82) is 0 Å². The quantitative estimate of drug-likeness (QED) is 0.605. The van der Waals surface area contributed by atoms with Crippen LogP contribution in [0, 0.1) is 5.82 Å². The second-order valence-electron chi connectivity index (χ2n) is 6.14. The zero-order valence-electron chi connectivity index (χ0n) is 15.1. The number of rotatable bonds is 10. The highest BCUT2D eigenvalue weighted by Crippen LogP contribution is 2.21. The monoisotopic (exact) mass is 363 g/mol. The van der Waals surface area contributed by atoms with Crippen LogP contribution >= 0.6 is 0 Å². The number of hydrogen-bond acceptors (Lipinski definition) is 5. The first kappa shape index (κ1) is 20.2. The van der Waals surface area contributed by atoms with Crippen LogP contribution in [0.1, 0.15) is 24.2 Å². The third kappa shape index (κ3) is 5.98. The van der Waals surface area contributed by atoms with E-state index in [1.165, 1.54) is 19.2 Å². The van der Waals surface area contributed by atoms with Crippen LogP contribution in [-0.4, -0.2) is 43.1 Å². The molecule has 5 nitrogen and oxygen atoms in total. The first-order chi connectivity index (χ1) is 12.5. The van der Waals surface area contributed by atoms with E-state index in [9.17, 15) is 9.50 Å². The van der Waals surface area contributed by atoms with Crippen molar-refractivity contribution in [2.75, 3.05) is 26.9 Å². The van der Waals surface area contributed by atoms with Crippen LogP contribution in [-0.2, 0) is 6.42 Å². The molecule has 0 aliphatic heterocycles. The van der Waals surface area contributed by atoms with Crippen molar-refractivity contribution in [3.8, 4) is 11.5 Å². The Hall–Kier alpha value is -2.15. The molecule has 0 saturated carbocycles. The summed E-state index contributed by atoms with van der Waals surface area (Å²) in [6.45, 7) is 2.62. The molecule has 0 aliphatic rings. The lowest BCUT2D eigenvalue weighted by Gasteiger charge is -2.18. The largest absolute Gasteiger partial charge is 0.494 e. The summed E-state index contributed by atoms with van der Waals surface area (Å²) in [5, 5.41) is 22.2. The molecule has 2 aromatic carbocycles. The van der Waals surface area contributed by atoms with Crippen molar-refractivity contribution >= 4 is 0 Å². The number of halogens is 1. The molecule has 0 aliphatic carbocycles. The Labute approximate surface area is 153 Å². The second-order valence-corrected chi connectivity index (χ2v) is 6.14. The average Bonchev–Trinajstić information content (AvgIpc) is 2.65. The summed E-state index contributed by atoms with van der Waals surface area (Å²) in [5.74, 6) is 0.398. The van der Waals surface area contributed by atoms with Crippen LogP contribution in [0.5, 0.6) is 11.5 Å². The number of methoxy groups -OCH3 is 1. The van der Waals surface area contributed by atoms with Gasteiger partial charge in [0.2, 0.25) is 0 Å². The molecule has 26 heavy (non-hydrogen) atoms. The van der Waals surface area contributed by atoms with E-state index in [2.05, 4.69) is 5.32 Å². The van der Waals surface area contributed by atoms with Gasteiger partial charge in [0, 0.05) is 12.6 Å². The number of aliphatic hydroxyl groups is 2. The van der Waals surface area contributed by atoms with Crippen LogP contribution < -0.4 is 14.8 Å². The van der Waals surface area contributed by atoms with E-state index in [-0.39, 0.29) is 25.0 Å². The van der Waals surface area contributed by atoms with Gasteiger partial charge in [0.15, 0.2) is 11.6 Å². The van der Waals surface area contributed by atoms with Gasteiger partial charge in [-0.1, -0.05) is 18.2 Å². The lowest BCUT2D eigenvalue weighted by Crippen LogP contribution is -2.32. The fourth-order valence-electron chi connectivity index (χ4n) is 2.63. The van der Waals surface area contributed by atoms with Gasteiger partial charge in [0.1, 0.15) is 12.4 Å². The molecule has 3 N–H and O–H groups in total. The Bertz CT molecular complexity index is 678. The van der Waals surface area contributed by atoms with Gasteiger partial charge in [-0.3, -0.25) is 0 Å². The average molecular weight is 363 g/mol. The smallest absolute Gasteiger partial charge is 0.165 e. The molecule has 2 atom stereocenters. The molecule has 0 fully saturated rings. The normalized spacial score (nSPS) is 13.3. The molecule has 2 aromatic rings. The predicted octanol–water partition coefficient (Wildman–Crippen LogP) is 2.46. The van der Waals surface area contributed by atoms with Gasteiger partial charge in [0.25, 0.3) is 0 Å². The summed E-state index contributed by atoms with van der Waals surface area (Å²) in [4.78, 5) is 0. The van der Waals surface area contributed by atoms with E-state index in [0.717, 1.165) is 17.7 Å². The van der Waals surface area contributed by atoms with Crippen molar-refractivity contribution in [2.24, 2.45) is 0 Å². The molecule has 0 amide bonds. The van der Waals surface area contributed by atoms with E-state index in [1.807, 2.05) is 31.2 Å². The highest BCUT2D eigenvalue weighted by atomic mass is 19.1. The lowest BCUT2D eigenvalue weighted by atomic mass is 10.1. The van der Waals surface area contributed by atoms with Crippen molar-refractivity contribution in [3.63, 3.8) is 0 Å². The van der Waals surface area contributed by atoms with E-state index >= 15 is 0 Å². The maximum absolute atomic E-state index is 13.7. The van der Waals surface area contributed by atoms with Crippen molar-refractivity contribution < 1.29 is 24.1 Å². The summed E-state index contributed by atoms with van der Waals surface area (Å²) in [6, 6.07) is 12.3. The number of aliphatic hydroxyl groups excluding tert-OH is 2. The molecule has 0 aromatic heterocycles. The molecule has 0 heterocycles. The fraction of sp³-hybridized carbons (Fsp3) is 0.400. The zero-order chi connectivity index (χ0) is 18.9. The van der Waals surface area contributed by atoms with E-state index < -0.39 is 11.9 Å². The summed E-state index contributed by atoms with van der Waals surface area (Å²) >= 11 is 0. The van der Waals surface area contributed by atoms with E-state index in [0.29, 0.717) is 12.1 Å². The van der Waals surface area contributed by atoms with Crippen LogP contribution in [0.4, 0.5) is 4.39 Å². The summed E-state index contributed by atoms with van der Waals surface area (Å²) in [7, 11) is 1.41. The fourth-order valence-corrected chi connectivity index (χ4v) is 2.63. The van der Waals surface area contributed by atoms with Crippen molar-refractivity contribution in [3.05, 3.63) is 59.4 Å². The molecule has 0 spiro atoms. The Morgan fingerprint density at radius 1 is 1.15 bits per heavy atom. The standard InChI is InChI=1S/C20H26FNO4/c1-14(11-15-3-6-17(7-4-15)26-10-9-23)22-13-19(24)16-5-8-20(25-2)18(21)12-16/h3-8,12,14,19,22-24H,9-11,13H2,1-2H3. The van der Waals surface area contributed by atoms with E-state index in [4.69, 9.17) is 14.6 Å². The summed E-state index contributed by atoms with van der Waals surface area (Å²) in [5.41, 5.74) is 1.64. The Balaban J connectivity index is 1.82. The maximum Gasteiger partial charge on any atom is 0.165 e. The highest BCUT2D eigenvalue weighted by molar-refractivity contribution is 5.30. The SMILES string of the molecule is COc1ccc(C(O)CNC(C)Cc2ccc(OCCO)cc2)cc1F. The minimum atomic E-state index is -0.799. The lowest BCUT2D eigenvalue weighted by molar-refractivity contribution is 0.170. The van der Waals surface area contributed by atoms with Crippen LogP contribution in [0.15, 0.2) is 42.5 Å². The first-order valence-electron chi connectivity index (χ1n) is 8.61. The van der Waals surface area contributed by atoms with Gasteiger partial charge in [-0.15, -0.1) is 0 Å². The number of benzene rings is 2. The van der Waals surface area contributed by atoms with Gasteiger partial charge in [-0.2, -0.15) is 0 Å². The van der Waals surface area contributed by atoms with Crippen LogP contribution in [0.3, 0.4) is 0 Å². The molecule has 0 saturated heterocycles. The molecule has 0 bridgehead atoms. The van der Waals surface area contributed by atoms with Gasteiger partial charge < -0.3 is 25.0 Å². The summed E-state index contributed by atoms with van der Waals surface area (Å²) in [6.07, 6.45) is -0.0172. The molecule has 6 heteroatoms. The van der Waals surface area contributed by atoms with Crippen LogP contribution in [0.25, 0.3) is 0 Å². The van der Waals surface area contributed by atoms with Crippen LogP contribution in [0.2, 0.25) is 0 Å². The second kappa shape index (κ2) is 10.1. The molecule has 142 valence electrons. The topological polar surface area (TPSA) is 71.0 Å². The minimum absolute atomic E-state index is 0.0108. The first-order valence-corrected chi connectivity index (χ1v) is 8.61. The Morgan fingerprint density at radius 3 is 2.50 bits per heavy atom. The third-order valence-corrected chi connectivity index (χ3v) is 4.05. The summed E-state index contributed by atoms with van der Waals surface area (Å²) < 4.78 is 23.9.